The summed E-state index contributed by atoms with van der Waals surface area (Å²) in [5.74, 6) is -0.395. The quantitative estimate of drug-likeness (QED) is 0.0947. The Morgan fingerprint density at radius 1 is 0.507 bits per heavy atom. The molecule has 1 aromatic heterocycles. The zero-order valence-corrected chi connectivity index (χ0v) is 40.9. The predicted molar refractivity (Wildman–Crippen MR) is 290 cm³/mol. The molecule has 0 bridgehead atoms. The smallest absolute Gasteiger partial charge is 0.389 e. The third-order valence-electron chi connectivity index (χ3n) is 12.3. The monoisotopic (exact) mass is 1100 g/mol. The van der Waals surface area contributed by atoms with Crippen LogP contribution in [0.2, 0.25) is 0 Å². The van der Waals surface area contributed by atoms with Gasteiger partial charge < -0.3 is 27.4 Å². The Balaban J connectivity index is 1.05. The maximum atomic E-state index is 18.1. The van der Waals surface area contributed by atoms with Crippen LogP contribution in [0.4, 0.5) is 47.1 Å². The van der Waals surface area contributed by atoms with Gasteiger partial charge in [-0.1, -0.05) is 115 Å². The summed E-state index contributed by atoms with van der Waals surface area (Å²) in [5.41, 5.74) is 12.2. The lowest BCUT2D eigenvalue weighted by Crippen LogP contribution is -2.51. The van der Waals surface area contributed by atoms with Crippen molar-refractivity contribution in [3.63, 3.8) is 0 Å². The molecule has 8 aromatic rings. The molecular weight excluding hydrogens is 1060 g/mol. The zero-order valence-electron chi connectivity index (χ0n) is 36.5. The van der Waals surface area contributed by atoms with Gasteiger partial charge in [-0.05, 0) is 178 Å². The fourth-order valence-electron chi connectivity index (χ4n) is 9.11. The lowest BCUT2D eigenvalue weighted by molar-refractivity contribution is -0.362. The molecule has 67 heavy (non-hydrogen) atoms. The Morgan fingerprint density at radius 3 is 1.34 bits per heavy atom. The molecule has 2 aliphatic rings. The summed E-state index contributed by atoms with van der Waals surface area (Å²) < 4.78 is 54.5. The van der Waals surface area contributed by atoms with Crippen LogP contribution in [0.1, 0.15) is 40.6 Å². The number of para-hydroxylation sites is 4. The normalized spacial score (nSPS) is 14.3. The van der Waals surface area contributed by atoms with E-state index in [-0.39, 0.29) is 0 Å². The predicted octanol–water partition coefficient (Wildman–Crippen LogP) is 16.5. The first-order valence-corrected chi connectivity index (χ1v) is 24.1. The van der Waals surface area contributed by atoms with Crippen molar-refractivity contribution in [1.29, 1.82) is 0 Å². The highest BCUT2D eigenvalue weighted by molar-refractivity contribution is 14.1. The minimum atomic E-state index is -4.46. The largest absolute Gasteiger partial charge is 0.737 e. The third-order valence-corrected chi connectivity index (χ3v) is 15.0. The van der Waals surface area contributed by atoms with E-state index in [0.717, 1.165) is 63.5 Å². The Morgan fingerprint density at radius 2 is 0.910 bits per heavy atom. The second kappa shape index (κ2) is 18.6. The molecule has 4 nitrogen and oxygen atoms in total. The van der Waals surface area contributed by atoms with Crippen LogP contribution in [-0.4, -0.2) is 21.6 Å². The maximum Gasteiger partial charge on any atom is 0.737 e. The van der Waals surface area contributed by atoms with Crippen LogP contribution in [0.15, 0.2) is 215 Å². The molecule has 2 aliphatic heterocycles. The molecule has 0 saturated heterocycles. The van der Waals surface area contributed by atoms with Crippen LogP contribution in [0.25, 0.3) is 23.8 Å². The first-order chi connectivity index (χ1) is 32.6. The lowest BCUT2D eigenvalue weighted by atomic mass is 9.83. The summed E-state index contributed by atoms with van der Waals surface area (Å²) in [6, 6.07) is 63.1. The van der Waals surface area contributed by atoms with Gasteiger partial charge in [0.1, 0.15) is 5.82 Å². The van der Waals surface area contributed by atoms with Gasteiger partial charge in [0, 0.05) is 60.7 Å². The molecule has 0 saturated carbocycles. The summed E-state index contributed by atoms with van der Waals surface area (Å²) in [5, 5.41) is 0. The van der Waals surface area contributed by atoms with Crippen LogP contribution in [0.3, 0.4) is 0 Å². The van der Waals surface area contributed by atoms with Crippen molar-refractivity contribution in [2.24, 2.45) is 0 Å². The molecule has 0 amide bonds. The average molecular weight is 1100 g/mol. The average Bonchev–Trinajstić information content (AvgIpc) is 3.77. The van der Waals surface area contributed by atoms with Gasteiger partial charge in [-0.3, -0.25) is 0 Å². The standard InChI is InChI=1S/C57H42BF3I2N4/c1-39-54(62)51(37-27-41-23-33-49(34-24-41)64(45-15-7-3-8-16-45)46-17-9-4-10-18-46)66-56(39)53(43-29-31-44(59)32-30-43)57-40(2)55(63)52(67(57)58(66,60)61)38-28-42-25-35-50(36-26-42)65(47-19-11-5-12-20-47)48-21-13-6-14-22-48/h3-38H,1-2H3. The number of allylic oxidation sites excluding steroid dienone is 3. The molecule has 7 aromatic carbocycles. The van der Waals surface area contributed by atoms with Crippen molar-refractivity contribution in [3.8, 4) is 0 Å². The summed E-state index contributed by atoms with van der Waals surface area (Å²) in [7, 11) is 0. The molecule has 0 spiro atoms. The molecular formula is C57H42BF3I2N4. The fourth-order valence-corrected chi connectivity index (χ4v) is 10.5. The Labute approximate surface area is 416 Å². The number of fused-ring (bicyclic) bond motifs is 2. The minimum Gasteiger partial charge on any atom is -0.389 e. The van der Waals surface area contributed by atoms with Gasteiger partial charge in [-0.25, -0.2) is 4.39 Å². The highest BCUT2D eigenvalue weighted by atomic mass is 127. The van der Waals surface area contributed by atoms with Crippen molar-refractivity contribution in [2.45, 2.75) is 13.8 Å². The van der Waals surface area contributed by atoms with E-state index in [9.17, 15) is 4.39 Å². The number of halogens is 5. The van der Waals surface area contributed by atoms with E-state index in [1.807, 2.05) is 147 Å². The van der Waals surface area contributed by atoms with Crippen molar-refractivity contribution in [2.75, 3.05) is 9.80 Å². The van der Waals surface area contributed by atoms with Crippen LogP contribution in [-0.2, 0) is 0 Å². The maximum absolute atomic E-state index is 18.1. The van der Waals surface area contributed by atoms with E-state index in [2.05, 4.69) is 104 Å². The fraction of sp³-hybridized carbons (Fsp3) is 0.0351. The third kappa shape index (κ3) is 8.31. The van der Waals surface area contributed by atoms with E-state index in [0.29, 0.717) is 33.9 Å². The van der Waals surface area contributed by atoms with Gasteiger partial charge in [0.05, 0.1) is 9.15 Å². The second-order valence-electron chi connectivity index (χ2n) is 16.4. The Kier molecular flexibility index (Phi) is 12.3. The topological polar surface area (TPSA) is 14.4 Å². The van der Waals surface area contributed by atoms with Crippen molar-refractivity contribution in [1.82, 2.24) is 4.48 Å². The lowest BCUT2D eigenvalue weighted by Gasteiger charge is -2.34. The van der Waals surface area contributed by atoms with Gasteiger partial charge >= 0.3 is 6.97 Å². The van der Waals surface area contributed by atoms with Gasteiger partial charge in [-0.2, -0.15) is 0 Å². The van der Waals surface area contributed by atoms with Crippen molar-refractivity contribution < 1.29 is 17.5 Å². The Hall–Kier alpha value is -6.64. The van der Waals surface area contributed by atoms with E-state index in [1.165, 1.54) is 21.1 Å². The molecule has 328 valence electrons. The van der Waals surface area contributed by atoms with Crippen LogP contribution >= 0.6 is 45.2 Å². The number of hydrogen-bond acceptors (Lipinski definition) is 2. The van der Waals surface area contributed by atoms with Gasteiger partial charge in [0.15, 0.2) is 11.4 Å². The van der Waals surface area contributed by atoms with E-state index in [4.69, 9.17) is 0 Å². The van der Waals surface area contributed by atoms with E-state index in [1.54, 1.807) is 24.3 Å². The first-order valence-electron chi connectivity index (χ1n) is 21.9. The zero-order chi connectivity index (χ0) is 46.2. The molecule has 0 unspecified atom stereocenters. The van der Waals surface area contributed by atoms with E-state index >= 15 is 8.63 Å². The number of hydrogen-bond donors (Lipinski definition) is 0. The molecule has 3 heterocycles. The number of anilines is 6. The summed E-state index contributed by atoms with van der Waals surface area (Å²) >= 11 is 4.41. The van der Waals surface area contributed by atoms with Crippen LogP contribution in [0.5, 0.6) is 0 Å². The molecule has 10 heteroatoms. The van der Waals surface area contributed by atoms with Crippen molar-refractivity contribution in [3.05, 3.63) is 258 Å². The van der Waals surface area contributed by atoms with Gasteiger partial charge in [-0.15, -0.1) is 0 Å². The molecule has 0 fully saturated rings. The van der Waals surface area contributed by atoms with Crippen LogP contribution < -0.4 is 9.80 Å². The number of rotatable bonds is 11. The van der Waals surface area contributed by atoms with Crippen molar-refractivity contribution >= 4 is 116 Å². The second-order valence-corrected chi connectivity index (χ2v) is 18.6. The molecule has 0 atom stereocenters. The number of benzene rings is 7. The molecule has 10 rings (SSSR count). The highest BCUT2D eigenvalue weighted by Gasteiger charge is 2.57. The van der Waals surface area contributed by atoms with Crippen LogP contribution in [0, 0.1) is 16.3 Å². The molecule has 0 radical (unpaired) electrons. The highest BCUT2D eigenvalue weighted by Crippen LogP contribution is 2.48. The summed E-state index contributed by atoms with van der Waals surface area (Å²) in [6.45, 7) is -0.662. The summed E-state index contributed by atoms with van der Waals surface area (Å²) in [6.07, 6.45) is 7.40. The van der Waals surface area contributed by atoms with E-state index < -0.39 is 12.8 Å². The van der Waals surface area contributed by atoms with Gasteiger partial charge in [0.2, 0.25) is 0 Å². The number of aromatic nitrogens is 1. The van der Waals surface area contributed by atoms with Gasteiger partial charge in [0.25, 0.3) is 0 Å². The molecule has 0 N–H and O–H groups in total. The Bertz CT molecular complexity index is 3200. The number of nitrogens with zero attached hydrogens (tertiary/aromatic N) is 4. The SMILES string of the molecule is CC1=C(I)C(C=Cc2ccc(N(c3ccccc3)c3ccccc3)cc2)=[N+]2C1=C(c1ccc(F)cc1)c1c(C)c(I)c(C=Cc3ccc(N(c4ccccc4)c4ccccc4)cc3)n1[B-]2(F)F. The molecule has 0 aliphatic carbocycles. The summed E-state index contributed by atoms with van der Waals surface area (Å²) in [4.78, 5) is 4.37. The first kappa shape index (κ1) is 44.2. The minimum absolute atomic E-state index is 0.395.